The van der Waals surface area contributed by atoms with Gasteiger partial charge in [0, 0.05) is 43.9 Å². The highest BCUT2D eigenvalue weighted by Crippen LogP contribution is 2.28. The van der Waals surface area contributed by atoms with Crippen LogP contribution < -0.4 is 10.4 Å². The number of para-hydroxylation sites is 1. The number of hydroxylamine groups is 1. The number of carbonyl (C=O) groups excluding carboxylic acids is 2. The molecule has 0 spiro atoms. The van der Waals surface area contributed by atoms with E-state index in [-0.39, 0.29) is 5.91 Å². The molecule has 0 aromatic heterocycles. The largest absolute Gasteiger partial charge is 0.312 e. The van der Waals surface area contributed by atoms with Gasteiger partial charge in [0.15, 0.2) is 0 Å². The van der Waals surface area contributed by atoms with Gasteiger partial charge in [-0.2, -0.15) is 0 Å². The van der Waals surface area contributed by atoms with E-state index in [9.17, 15) is 9.59 Å². The first-order chi connectivity index (χ1) is 13.2. The second-order valence-corrected chi connectivity index (χ2v) is 7.12. The van der Waals surface area contributed by atoms with Crippen molar-refractivity contribution in [1.82, 2.24) is 10.4 Å². The van der Waals surface area contributed by atoms with E-state index < -0.39 is 5.91 Å². The summed E-state index contributed by atoms with van der Waals surface area (Å²) >= 11 is 0. The van der Waals surface area contributed by atoms with Crippen molar-refractivity contribution in [1.29, 1.82) is 0 Å². The molecule has 0 radical (unpaired) electrons. The van der Waals surface area contributed by atoms with E-state index in [0.29, 0.717) is 12.0 Å². The molecule has 2 heterocycles. The van der Waals surface area contributed by atoms with Crippen molar-refractivity contribution in [3.63, 3.8) is 0 Å². The number of hydrogen-bond acceptors (Lipinski definition) is 4. The maximum Gasteiger partial charge on any atom is 0.274 e. The lowest BCUT2D eigenvalue weighted by atomic mass is 9.97. The van der Waals surface area contributed by atoms with Gasteiger partial charge < -0.3 is 4.90 Å². The van der Waals surface area contributed by atoms with Crippen LogP contribution in [0.4, 0.5) is 5.69 Å². The molecule has 0 saturated carbocycles. The topological polar surface area (TPSA) is 72.9 Å². The molecule has 6 heteroatoms. The van der Waals surface area contributed by atoms with Crippen LogP contribution in [0.1, 0.15) is 33.5 Å². The third-order valence-corrected chi connectivity index (χ3v) is 5.49. The standard InChI is InChI=1S/C21H23N3O3/c25-20(24-12-8-15-3-1-2-4-19(15)24)9-11-23-10-7-16-13-17(21(26)22-27)5-6-18(16)14-23/h1-6,13,27H,7-12,14H2,(H,22,26). The first-order valence-corrected chi connectivity index (χ1v) is 9.32. The highest BCUT2D eigenvalue weighted by Gasteiger charge is 2.25. The Labute approximate surface area is 158 Å². The molecule has 2 N–H and O–H groups in total. The van der Waals surface area contributed by atoms with Crippen LogP contribution in [0.5, 0.6) is 0 Å². The second-order valence-electron chi connectivity index (χ2n) is 7.12. The van der Waals surface area contributed by atoms with Crippen molar-refractivity contribution in [2.45, 2.75) is 25.8 Å². The summed E-state index contributed by atoms with van der Waals surface area (Å²) in [6.45, 7) is 3.15. The highest BCUT2D eigenvalue weighted by atomic mass is 16.5. The number of nitrogens with one attached hydrogen (secondary N) is 1. The van der Waals surface area contributed by atoms with Crippen molar-refractivity contribution in [2.75, 3.05) is 24.5 Å². The number of hydrogen-bond donors (Lipinski definition) is 2. The number of anilines is 1. The number of benzene rings is 2. The number of carbonyl (C=O) groups is 2. The van der Waals surface area contributed by atoms with Crippen LogP contribution in [0.15, 0.2) is 42.5 Å². The zero-order chi connectivity index (χ0) is 18.8. The molecule has 2 aliphatic rings. The lowest BCUT2D eigenvalue weighted by molar-refractivity contribution is -0.118. The fourth-order valence-corrected chi connectivity index (χ4v) is 3.99. The molecular weight excluding hydrogens is 342 g/mol. The minimum Gasteiger partial charge on any atom is -0.312 e. The Morgan fingerprint density at radius 3 is 2.67 bits per heavy atom. The Bertz CT molecular complexity index is 881. The Hall–Kier alpha value is -2.70. The van der Waals surface area contributed by atoms with Crippen molar-refractivity contribution >= 4 is 17.5 Å². The molecule has 2 aromatic carbocycles. The van der Waals surface area contributed by atoms with Gasteiger partial charge in [-0.05, 0) is 47.7 Å². The Kier molecular flexibility index (Phi) is 4.92. The molecule has 0 fully saturated rings. The maximum absolute atomic E-state index is 12.7. The highest BCUT2D eigenvalue weighted by molar-refractivity contribution is 5.95. The van der Waals surface area contributed by atoms with Gasteiger partial charge in [0.25, 0.3) is 5.91 Å². The average Bonchev–Trinajstić information content (AvgIpc) is 3.15. The summed E-state index contributed by atoms with van der Waals surface area (Å²) in [7, 11) is 0. The average molecular weight is 365 g/mol. The number of amides is 2. The minimum atomic E-state index is -0.489. The molecule has 6 nitrogen and oxygen atoms in total. The smallest absolute Gasteiger partial charge is 0.274 e. The fraction of sp³-hybridized carbons (Fsp3) is 0.333. The summed E-state index contributed by atoms with van der Waals surface area (Å²) in [4.78, 5) is 28.4. The third-order valence-electron chi connectivity index (χ3n) is 5.49. The number of fused-ring (bicyclic) bond motifs is 2. The normalized spacial score (nSPS) is 16.0. The SMILES string of the molecule is O=C(NO)c1ccc2c(c1)CCN(CCC(=O)N1CCc3ccccc31)C2. The molecule has 2 amide bonds. The lowest BCUT2D eigenvalue weighted by Gasteiger charge is -2.29. The van der Waals surface area contributed by atoms with E-state index in [4.69, 9.17) is 5.21 Å². The van der Waals surface area contributed by atoms with Gasteiger partial charge in [0.05, 0.1) is 0 Å². The van der Waals surface area contributed by atoms with Crippen LogP contribution in [-0.4, -0.2) is 41.6 Å². The summed E-state index contributed by atoms with van der Waals surface area (Å²) in [5.74, 6) is -0.308. The molecule has 2 aliphatic heterocycles. The van der Waals surface area contributed by atoms with Gasteiger partial charge in [-0.25, -0.2) is 5.48 Å². The fourth-order valence-electron chi connectivity index (χ4n) is 3.99. The summed E-state index contributed by atoms with van der Waals surface area (Å²) in [5.41, 5.74) is 6.75. The Balaban J connectivity index is 1.35. The van der Waals surface area contributed by atoms with E-state index in [0.717, 1.165) is 50.3 Å². The van der Waals surface area contributed by atoms with Crippen molar-refractivity contribution < 1.29 is 14.8 Å². The van der Waals surface area contributed by atoms with Crippen LogP contribution in [0.25, 0.3) is 0 Å². The van der Waals surface area contributed by atoms with Gasteiger partial charge in [-0.15, -0.1) is 0 Å². The van der Waals surface area contributed by atoms with Crippen LogP contribution in [0, 0.1) is 0 Å². The Morgan fingerprint density at radius 2 is 1.81 bits per heavy atom. The van der Waals surface area contributed by atoms with Gasteiger partial charge in [-0.1, -0.05) is 24.3 Å². The second kappa shape index (κ2) is 7.50. The third kappa shape index (κ3) is 3.59. The van der Waals surface area contributed by atoms with Crippen molar-refractivity contribution in [2.24, 2.45) is 0 Å². The van der Waals surface area contributed by atoms with Gasteiger partial charge in [0.1, 0.15) is 0 Å². The number of rotatable bonds is 4. The molecule has 0 saturated heterocycles. The summed E-state index contributed by atoms with van der Waals surface area (Å²) in [6, 6.07) is 13.6. The van der Waals surface area contributed by atoms with E-state index in [2.05, 4.69) is 11.0 Å². The minimum absolute atomic E-state index is 0.181. The van der Waals surface area contributed by atoms with Crippen LogP contribution in [-0.2, 0) is 24.2 Å². The van der Waals surface area contributed by atoms with Gasteiger partial charge >= 0.3 is 0 Å². The first-order valence-electron chi connectivity index (χ1n) is 9.32. The molecule has 4 rings (SSSR count). The van der Waals surface area contributed by atoms with Crippen molar-refractivity contribution in [3.8, 4) is 0 Å². The van der Waals surface area contributed by atoms with E-state index in [1.165, 1.54) is 11.1 Å². The molecular formula is C21H23N3O3. The Morgan fingerprint density at radius 1 is 1.00 bits per heavy atom. The van der Waals surface area contributed by atoms with Crippen LogP contribution >= 0.6 is 0 Å². The molecule has 27 heavy (non-hydrogen) atoms. The first kappa shape index (κ1) is 17.7. The van der Waals surface area contributed by atoms with E-state index >= 15 is 0 Å². The van der Waals surface area contributed by atoms with Gasteiger partial charge in [0.2, 0.25) is 5.91 Å². The maximum atomic E-state index is 12.7. The molecule has 0 atom stereocenters. The molecule has 140 valence electrons. The van der Waals surface area contributed by atoms with Crippen LogP contribution in [0.3, 0.4) is 0 Å². The lowest BCUT2D eigenvalue weighted by Crippen LogP contribution is -2.36. The molecule has 2 aromatic rings. The monoisotopic (exact) mass is 365 g/mol. The van der Waals surface area contributed by atoms with Gasteiger partial charge in [-0.3, -0.25) is 19.7 Å². The molecule has 0 unspecified atom stereocenters. The summed E-state index contributed by atoms with van der Waals surface area (Å²) in [5, 5.41) is 8.76. The summed E-state index contributed by atoms with van der Waals surface area (Å²) in [6.07, 6.45) is 2.28. The van der Waals surface area contributed by atoms with Crippen molar-refractivity contribution in [3.05, 3.63) is 64.7 Å². The van der Waals surface area contributed by atoms with E-state index in [1.54, 1.807) is 11.5 Å². The summed E-state index contributed by atoms with van der Waals surface area (Å²) < 4.78 is 0. The zero-order valence-electron chi connectivity index (χ0n) is 15.1. The molecule has 0 bridgehead atoms. The predicted octanol–water partition coefficient (Wildman–Crippen LogP) is 2.14. The van der Waals surface area contributed by atoms with Crippen LogP contribution in [0.2, 0.25) is 0 Å². The van der Waals surface area contributed by atoms with E-state index in [1.807, 2.05) is 35.2 Å². The quantitative estimate of drug-likeness (QED) is 0.643. The zero-order valence-corrected chi connectivity index (χ0v) is 15.1. The predicted molar refractivity (Wildman–Crippen MR) is 102 cm³/mol. The number of nitrogens with zero attached hydrogens (tertiary/aromatic N) is 2. The molecule has 0 aliphatic carbocycles.